The molecule has 1 saturated heterocycles. The summed E-state index contributed by atoms with van der Waals surface area (Å²) in [6.07, 6.45) is -0.161. The van der Waals surface area contributed by atoms with E-state index in [0.717, 1.165) is 12.1 Å². The van der Waals surface area contributed by atoms with Gasteiger partial charge in [-0.3, -0.25) is 14.5 Å². The number of hydrogen-bond acceptors (Lipinski definition) is 5. The standard InChI is InChI=1S/C23H27BrFN3O4/c1-3-31-22-11-21(27-15(2)29)20(24)10-19(22)23(30)26-12-18-14-28(8-9-32-18)13-16-4-6-17(25)7-5-16/h4-7,10-11,18H,3,8-9,12-14H2,1-2H3,(H,26,30)(H,27,29). The van der Waals surface area contributed by atoms with Crippen molar-refractivity contribution in [2.45, 2.75) is 26.5 Å². The molecule has 0 aliphatic carbocycles. The maximum absolute atomic E-state index is 13.1. The van der Waals surface area contributed by atoms with Crippen molar-refractivity contribution < 1.29 is 23.5 Å². The summed E-state index contributed by atoms with van der Waals surface area (Å²) in [5.74, 6) is -0.369. The van der Waals surface area contributed by atoms with Crippen LogP contribution in [0.25, 0.3) is 0 Å². The fraction of sp³-hybridized carbons (Fsp3) is 0.391. The Morgan fingerprint density at radius 1 is 1.28 bits per heavy atom. The second kappa shape index (κ2) is 11.4. The summed E-state index contributed by atoms with van der Waals surface area (Å²) in [5.41, 5.74) is 1.93. The fourth-order valence-electron chi connectivity index (χ4n) is 3.49. The molecule has 2 amide bonds. The van der Waals surface area contributed by atoms with E-state index in [2.05, 4.69) is 31.5 Å². The zero-order chi connectivity index (χ0) is 23.1. The normalized spacial score (nSPS) is 16.4. The Balaban J connectivity index is 1.61. The number of morpholine rings is 1. The summed E-state index contributed by atoms with van der Waals surface area (Å²) in [4.78, 5) is 26.5. The smallest absolute Gasteiger partial charge is 0.255 e. The van der Waals surface area contributed by atoms with Crippen molar-refractivity contribution in [3.63, 3.8) is 0 Å². The first-order chi connectivity index (χ1) is 15.4. The predicted molar refractivity (Wildman–Crippen MR) is 123 cm³/mol. The molecule has 32 heavy (non-hydrogen) atoms. The summed E-state index contributed by atoms with van der Waals surface area (Å²) in [6, 6.07) is 9.73. The zero-order valence-corrected chi connectivity index (χ0v) is 19.7. The van der Waals surface area contributed by atoms with Crippen LogP contribution in [0.2, 0.25) is 0 Å². The summed E-state index contributed by atoms with van der Waals surface area (Å²) in [5, 5.41) is 5.62. The monoisotopic (exact) mass is 507 g/mol. The lowest BCUT2D eigenvalue weighted by molar-refractivity contribution is -0.114. The largest absolute Gasteiger partial charge is 0.493 e. The van der Waals surface area contributed by atoms with Gasteiger partial charge in [0.25, 0.3) is 5.91 Å². The number of nitrogens with zero attached hydrogens (tertiary/aromatic N) is 1. The molecule has 0 aromatic heterocycles. The molecule has 1 heterocycles. The van der Waals surface area contributed by atoms with Gasteiger partial charge >= 0.3 is 0 Å². The highest BCUT2D eigenvalue weighted by Crippen LogP contribution is 2.31. The van der Waals surface area contributed by atoms with Gasteiger partial charge < -0.3 is 20.1 Å². The number of halogens is 2. The molecule has 0 radical (unpaired) electrons. The molecule has 3 rings (SSSR count). The summed E-state index contributed by atoms with van der Waals surface area (Å²) in [7, 11) is 0. The molecule has 0 spiro atoms. The predicted octanol–water partition coefficient (Wildman–Crippen LogP) is 3.58. The average Bonchev–Trinajstić information content (AvgIpc) is 2.76. The Bertz CT molecular complexity index is 955. The van der Waals surface area contributed by atoms with Crippen LogP contribution in [0.15, 0.2) is 40.9 Å². The lowest BCUT2D eigenvalue weighted by atomic mass is 10.1. The average molecular weight is 508 g/mol. The van der Waals surface area contributed by atoms with Crippen LogP contribution in [0.4, 0.5) is 10.1 Å². The third-order valence-corrected chi connectivity index (χ3v) is 5.61. The van der Waals surface area contributed by atoms with Crippen LogP contribution in [-0.2, 0) is 16.1 Å². The molecule has 2 aromatic carbocycles. The Morgan fingerprint density at radius 3 is 2.72 bits per heavy atom. The zero-order valence-electron chi connectivity index (χ0n) is 18.1. The molecule has 7 nitrogen and oxygen atoms in total. The molecule has 0 bridgehead atoms. The van der Waals surface area contributed by atoms with Crippen LogP contribution in [0.1, 0.15) is 29.8 Å². The molecule has 2 N–H and O–H groups in total. The fourth-order valence-corrected chi connectivity index (χ4v) is 3.93. The first kappa shape index (κ1) is 24.2. The molecule has 1 aliphatic rings. The van der Waals surface area contributed by atoms with Gasteiger partial charge in [-0.25, -0.2) is 4.39 Å². The molecule has 1 atom stereocenters. The molecule has 172 valence electrons. The highest BCUT2D eigenvalue weighted by atomic mass is 79.9. The van der Waals surface area contributed by atoms with Gasteiger partial charge in [0.1, 0.15) is 11.6 Å². The third-order valence-electron chi connectivity index (χ3n) is 4.96. The Morgan fingerprint density at radius 2 is 2.03 bits per heavy atom. The Hall–Kier alpha value is -2.49. The van der Waals surface area contributed by atoms with E-state index in [1.165, 1.54) is 19.1 Å². The van der Waals surface area contributed by atoms with Crippen LogP contribution in [0.3, 0.4) is 0 Å². The lowest BCUT2D eigenvalue weighted by Crippen LogP contribution is -2.47. The van der Waals surface area contributed by atoms with E-state index in [4.69, 9.17) is 9.47 Å². The van der Waals surface area contributed by atoms with E-state index in [-0.39, 0.29) is 23.7 Å². The van der Waals surface area contributed by atoms with E-state index in [9.17, 15) is 14.0 Å². The maximum atomic E-state index is 13.1. The minimum Gasteiger partial charge on any atom is -0.493 e. The highest BCUT2D eigenvalue weighted by Gasteiger charge is 2.23. The molecular weight excluding hydrogens is 481 g/mol. The van der Waals surface area contributed by atoms with Crippen LogP contribution in [0.5, 0.6) is 5.75 Å². The minimum absolute atomic E-state index is 0.161. The molecular formula is C23H27BrFN3O4. The number of benzene rings is 2. The summed E-state index contributed by atoms with van der Waals surface area (Å²) >= 11 is 3.40. The number of hydrogen-bond donors (Lipinski definition) is 2. The van der Waals surface area contributed by atoms with Crippen LogP contribution >= 0.6 is 15.9 Å². The first-order valence-electron chi connectivity index (χ1n) is 10.5. The number of carbonyl (C=O) groups is 2. The molecule has 9 heteroatoms. The number of carbonyl (C=O) groups excluding carboxylic acids is 2. The van der Waals surface area contributed by atoms with Gasteiger partial charge in [0.05, 0.1) is 30.6 Å². The Kier molecular flexibility index (Phi) is 8.60. The van der Waals surface area contributed by atoms with Crippen molar-refractivity contribution in [1.82, 2.24) is 10.2 Å². The quantitative estimate of drug-likeness (QED) is 0.570. The second-order valence-electron chi connectivity index (χ2n) is 7.51. The van der Waals surface area contributed by atoms with E-state index >= 15 is 0 Å². The third kappa shape index (κ3) is 6.75. The van der Waals surface area contributed by atoms with Crippen molar-refractivity contribution in [3.8, 4) is 5.75 Å². The molecule has 1 aliphatic heterocycles. The second-order valence-corrected chi connectivity index (χ2v) is 8.36. The molecule has 0 saturated carbocycles. The van der Waals surface area contributed by atoms with Crippen molar-refractivity contribution >= 4 is 33.4 Å². The van der Waals surface area contributed by atoms with Crippen molar-refractivity contribution in [1.29, 1.82) is 0 Å². The maximum Gasteiger partial charge on any atom is 0.255 e. The van der Waals surface area contributed by atoms with Crippen molar-refractivity contribution in [2.75, 3.05) is 38.2 Å². The van der Waals surface area contributed by atoms with Crippen LogP contribution < -0.4 is 15.4 Å². The number of anilines is 1. The van der Waals surface area contributed by atoms with Crippen molar-refractivity contribution in [3.05, 3.63) is 57.8 Å². The lowest BCUT2D eigenvalue weighted by Gasteiger charge is -2.33. The van der Waals surface area contributed by atoms with Gasteiger partial charge in [-0.2, -0.15) is 0 Å². The molecule has 1 unspecified atom stereocenters. The SMILES string of the molecule is CCOc1cc(NC(C)=O)c(Br)cc1C(=O)NCC1CN(Cc2ccc(F)cc2)CCO1. The number of ether oxygens (including phenoxy) is 2. The first-order valence-corrected chi connectivity index (χ1v) is 11.3. The minimum atomic E-state index is -0.289. The summed E-state index contributed by atoms with van der Waals surface area (Å²) in [6.45, 7) is 6.64. The van der Waals surface area contributed by atoms with Crippen LogP contribution in [0, 0.1) is 5.82 Å². The van der Waals surface area contributed by atoms with E-state index in [1.807, 2.05) is 6.92 Å². The summed E-state index contributed by atoms with van der Waals surface area (Å²) < 4.78 is 25.1. The van der Waals surface area contributed by atoms with E-state index in [0.29, 0.717) is 54.3 Å². The molecule has 1 fully saturated rings. The topological polar surface area (TPSA) is 79.9 Å². The van der Waals surface area contributed by atoms with Gasteiger partial charge in [-0.15, -0.1) is 0 Å². The number of amides is 2. The van der Waals surface area contributed by atoms with Gasteiger partial charge in [0.2, 0.25) is 5.91 Å². The number of rotatable bonds is 8. The van der Waals surface area contributed by atoms with Crippen LogP contribution in [-0.4, -0.2) is 55.7 Å². The highest BCUT2D eigenvalue weighted by molar-refractivity contribution is 9.10. The molecule has 2 aromatic rings. The van der Waals surface area contributed by atoms with Gasteiger partial charge in [-0.05, 0) is 46.6 Å². The van der Waals surface area contributed by atoms with Gasteiger partial charge in [0, 0.05) is 43.6 Å². The number of nitrogens with one attached hydrogen (secondary N) is 2. The van der Waals surface area contributed by atoms with E-state index in [1.54, 1.807) is 24.3 Å². The van der Waals surface area contributed by atoms with Gasteiger partial charge in [0.15, 0.2) is 0 Å². The Labute approximate surface area is 195 Å². The van der Waals surface area contributed by atoms with E-state index < -0.39 is 0 Å². The van der Waals surface area contributed by atoms with Gasteiger partial charge in [-0.1, -0.05) is 12.1 Å². The van der Waals surface area contributed by atoms with Crippen molar-refractivity contribution in [2.24, 2.45) is 0 Å².